The molecule has 0 aromatic carbocycles. The summed E-state index contributed by atoms with van der Waals surface area (Å²) in [5.74, 6) is 0.783. The standard InChI is InChI=1S/C11H13N3O3/c1-3-7-6(5-12-2)4-8(17-7)9-10(15)14-11(16)13-9/h4-5,9H,3H2,1-2H3,(H2,13,14,15,16). The van der Waals surface area contributed by atoms with E-state index in [0.717, 1.165) is 11.3 Å². The van der Waals surface area contributed by atoms with Crippen molar-refractivity contribution in [3.05, 3.63) is 23.2 Å². The van der Waals surface area contributed by atoms with Gasteiger partial charge in [0.15, 0.2) is 6.04 Å². The molecule has 0 spiro atoms. The Kier molecular flexibility index (Phi) is 2.95. The zero-order valence-corrected chi connectivity index (χ0v) is 9.61. The minimum atomic E-state index is -0.744. The molecule has 1 aromatic heterocycles. The number of nitrogens with zero attached hydrogens (tertiary/aromatic N) is 1. The van der Waals surface area contributed by atoms with Gasteiger partial charge in [0.2, 0.25) is 0 Å². The average molecular weight is 235 g/mol. The lowest BCUT2D eigenvalue weighted by molar-refractivity contribution is -0.120. The van der Waals surface area contributed by atoms with Crippen molar-refractivity contribution in [1.82, 2.24) is 10.6 Å². The van der Waals surface area contributed by atoms with Gasteiger partial charge >= 0.3 is 6.03 Å². The highest BCUT2D eigenvalue weighted by atomic mass is 16.3. The van der Waals surface area contributed by atoms with Crippen molar-refractivity contribution >= 4 is 18.2 Å². The summed E-state index contributed by atoms with van der Waals surface area (Å²) in [7, 11) is 1.66. The lowest BCUT2D eigenvalue weighted by Gasteiger charge is -2.01. The minimum Gasteiger partial charge on any atom is -0.463 e. The van der Waals surface area contributed by atoms with Crippen LogP contribution in [0, 0.1) is 0 Å². The molecule has 1 aliphatic heterocycles. The fraction of sp³-hybridized carbons (Fsp3) is 0.364. The number of aryl methyl sites for hydroxylation is 1. The van der Waals surface area contributed by atoms with Crippen LogP contribution in [0.15, 0.2) is 15.5 Å². The molecular weight excluding hydrogens is 222 g/mol. The molecule has 2 heterocycles. The predicted octanol–water partition coefficient (Wildman–Crippen LogP) is 0.771. The van der Waals surface area contributed by atoms with E-state index in [0.29, 0.717) is 12.2 Å². The van der Waals surface area contributed by atoms with Gasteiger partial charge in [0.1, 0.15) is 11.5 Å². The van der Waals surface area contributed by atoms with Crippen molar-refractivity contribution in [3.8, 4) is 0 Å². The molecular formula is C11H13N3O3. The Hall–Kier alpha value is -2.11. The van der Waals surface area contributed by atoms with Gasteiger partial charge in [-0.1, -0.05) is 6.92 Å². The van der Waals surface area contributed by atoms with Gasteiger partial charge in [-0.15, -0.1) is 0 Å². The first-order valence-electron chi connectivity index (χ1n) is 5.31. The molecule has 1 fully saturated rings. The zero-order chi connectivity index (χ0) is 12.4. The molecule has 1 aliphatic rings. The van der Waals surface area contributed by atoms with Gasteiger partial charge in [0.05, 0.1) is 0 Å². The van der Waals surface area contributed by atoms with Crippen LogP contribution in [0.5, 0.6) is 0 Å². The van der Waals surface area contributed by atoms with Crippen LogP contribution in [-0.2, 0) is 11.2 Å². The Balaban J connectivity index is 2.33. The van der Waals surface area contributed by atoms with E-state index < -0.39 is 18.0 Å². The van der Waals surface area contributed by atoms with E-state index in [4.69, 9.17) is 4.42 Å². The number of furan rings is 1. The fourth-order valence-electron chi connectivity index (χ4n) is 1.75. The quantitative estimate of drug-likeness (QED) is 0.599. The normalized spacial score (nSPS) is 19.8. The second-order valence-corrected chi connectivity index (χ2v) is 3.66. The molecule has 1 saturated heterocycles. The van der Waals surface area contributed by atoms with Crippen LogP contribution in [0.25, 0.3) is 0 Å². The summed E-state index contributed by atoms with van der Waals surface area (Å²) in [5, 5.41) is 4.65. The molecule has 6 nitrogen and oxygen atoms in total. The maximum Gasteiger partial charge on any atom is 0.322 e. The zero-order valence-electron chi connectivity index (χ0n) is 9.61. The molecule has 6 heteroatoms. The van der Waals surface area contributed by atoms with Gasteiger partial charge in [-0.3, -0.25) is 15.1 Å². The number of carbonyl (C=O) groups excluding carboxylic acids is 2. The van der Waals surface area contributed by atoms with E-state index in [9.17, 15) is 9.59 Å². The topological polar surface area (TPSA) is 83.7 Å². The third-order valence-electron chi connectivity index (χ3n) is 2.51. The SMILES string of the molecule is CCc1oc(C2NC(=O)NC2=O)cc1C=NC. The molecule has 17 heavy (non-hydrogen) atoms. The molecule has 3 amide bonds. The van der Waals surface area contributed by atoms with E-state index in [1.807, 2.05) is 6.92 Å². The fourth-order valence-corrected chi connectivity index (χ4v) is 1.75. The van der Waals surface area contributed by atoms with Crippen LogP contribution in [0.4, 0.5) is 4.79 Å². The smallest absolute Gasteiger partial charge is 0.322 e. The number of hydrogen-bond donors (Lipinski definition) is 2. The first-order valence-corrected chi connectivity index (χ1v) is 5.31. The molecule has 1 unspecified atom stereocenters. The Morgan fingerprint density at radius 1 is 1.53 bits per heavy atom. The Morgan fingerprint density at radius 2 is 2.29 bits per heavy atom. The lowest BCUT2D eigenvalue weighted by atomic mass is 10.2. The van der Waals surface area contributed by atoms with Crippen molar-refractivity contribution < 1.29 is 14.0 Å². The minimum absolute atomic E-state index is 0.397. The van der Waals surface area contributed by atoms with E-state index in [-0.39, 0.29) is 0 Å². The second-order valence-electron chi connectivity index (χ2n) is 3.66. The van der Waals surface area contributed by atoms with Crippen molar-refractivity contribution in [2.24, 2.45) is 4.99 Å². The van der Waals surface area contributed by atoms with E-state index in [1.54, 1.807) is 19.3 Å². The van der Waals surface area contributed by atoms with Gasteiger partial charge in [-0.25, -0.2) is 4.79 Å². The second kappa shape index (κ2) is 4.40. The predicted molar refractivity (Wildman–Crippen MR) is 61.0 cm³/mol. The van der Waals surface area contributed by atoms with Gasteiger partial charge in [0.25, 0.3) is 5.91 Å². The maximum absolute atomic E-state index is 11.5. The van der Waals surface area contributed by atoms with Gasteiger partial charge in [-0.05, 0) is 6.07 Å². The number of nitrogens with one attached hydrogen (secondary N) is 2. The third-order valence-corrected chi connectivity index (χ3v) is 2.51. The van der Waals surface area contributed by atoms with E-state index in [1.165, 1.54) is 0 Å². The molecule has 0 radical (unpaired) electrons. The first kappa shape index (κ1) is 11.4. The molecule has 2 N–H and O–H groups in total. The monoisotopic (exact) mass is 235 g/mol. The third kappa shape index (κ3) is 2.06. The maximum atomic E-state index is 11.5. The molecule has 1 aromatic rings. The highest BCUT2D eigenvalue weighted by Gasteiger charge is 2.33. The number of urea groups is 1. The van der Waals surface area contributed by atoms with Crippen LogP contribution in [0.1, 0.15) is 30.0 Å². The van der Waals surface area contributed by atoms with Crippen LogP contribution < -0.4 is 10.6 Å². The van der Waals surface area contributed by atoms with Gasteiger partial charge in [0, 0.05) is 25.2 Å². The largest absolute Gasteiger partial charge is 0.463 e. The Morgan fingerprint density at radius 3 is 2.82 bits per heavy atom. The van der Waals surface area contributed by atoms with Crippen LogP contribution in [0.3, 0.4) is 0 Å². The summed E-state index contributed by atoms with van der Waals surface area (Å²) in [4.78, 5) is 26.4. The Bertz CT molecular complexity index is 490. The lowest BCUT2D eigenvalue weighted by Crippen LogP contribution is -2.22. The molecule has 2 rings (SSSR count). The van der Waals surface area contributed by atoms with Crippen LogP contribution in [-0.4, -0.2) is 25.2 Å². The molecule has 0 aliphatic carbocycles. The van der Waals surface area contributed by atoms with Crippen LogP contribution in [0.2, 0.25) is 0 Å². The highest BCUT2D eigenvalue weighted by molar-refractivity contribution is 6.04. The van der Waals surface area contributed by atoms with Gasteiger partial charge in [-0.2, -0.15) is 0 Å². The number of imide groups is 1. The summed E-state index contributed by atoms with van der Waals surface area (Å²) in [5.41, 5.74) is 0.832. The first-order chi connectivity index (χ1) is 8.15. The van der Waals surface area contributed by atoms with Crippen molar-refractivity contribution in [3.63, 3.8) is 0 Å². The summed E-state index contributed by atoms with van der Waals surface area (Å²) < 4.78 is 5.55. The number of carbonyl (C=O) groups is 2. The highest BCUT2D eigenvalue weighted by Crippen LogP contribution is 2.23. The molecule has 0 bridgehead atoms. The Labute approximate surface area is 98.1 Å². The van der Waals surface area contributed by atoms with Crippen molar-refractivity contribution in [2.75, 3.05) is 7.05 Å². The molecule has 1 atom stereocenters. The number of rotatable bonds is 3. The number of aliphatic imine (C=N–C) groups is 1. The summed E-state index contributed by atoms with van der Waals surface area (Å²) in [6.07, 6.45) is 2.37. The van der Waals surface area contributed by atoms with Crippen molar-refractivity contribution in [1.29, 1.82) is 0 Å². The van der Waals surface area contributed by atoms with Crippen molar-refractivity contribution in [2.45, 2.75) is 19.4 Å². The molecule has 90 valence electrons. The van der Waals surface area contributed by atoms with Crippen LogP contribution >= 0.6 is 0 Å². The number of amides is 3. The summed E-state index contributed by atoms with van der Waals surface area (Å²) in [6, 6.07) is 0.480. The van der Waals surface area contributed by atoms with E-state index >= 15 is 0 Å². The van der Waals surface area contributed by atoms with E-state index in [2.05, 4.69) is 15.6 Å². The summed E-state index contributed by atoms with van der Waals surface area (Å²) >= 11 is 0. The van der Waals surface area contributed by atoms with Gasteiger partial charge < -0.3 is 9.73 Å². The number of hydrogen-bond acceptors (Lipinski definition) is 4. The summed E-state index contributed by atoms with van der Waals surface area (Å²) in [6.45, 7) is 1.95. The average Bonchev–Trinajstić information content (AvgIpc) is 2.82. The molecule has 0 saturated carbocycles.